The minimum Gasteiger partial charge on any atom is -0.377 e. The maximum absolute atomic E-state index is 6.57. The van der Waals surface area contributed by atoms with Crippen LogP contribution in [0.3, 0.4) is 0 Å². The fourth-order valence-corrected chi connectivity index (χ4v) is 63.8. The van der Waals surface area contributed by atoms with Crippen molar-refractivity contribution in [1.29, 1.82) is 0 Å². The molecule has 0 bridgehead atoms. The Morgan fingerprint density at radius 2 is 0.238 bits per heavy atom. The van der Waals surface area contributed by atoms with Crippen LogP contribution in [0.4, 0.5) is 0 Å². The average Bonchev–Trinajstić information content (AvgIpc) is 0.776. The summed E-state index contributed by atoms with van der Waals surface area (Å²) in [5.74, 6) is 0. The summed E-state index contributed by atoms with van der Waals surface area (Å²) in [5, 5.41) is 0. The van der Waals surface area contributed by atoms with Crippen LogP contribution in [0.5, 0.6) is 0 Å². The molecule has 130 heavy (non-hydrogen) atoms. The van der Waals surface area contributed by atoms with Gasteiger partial charge in [-0.3, -0.25) is 0 Å². The van der Waals surface area contributed by atoms with E-state index in [0.717, 1.165) is 144 Å². The molecule has 0 N–H and O–H groups in total. The lowest BCUT2D eigenvalue weighted by Gasteiger charge is -2.41. The highest BCUT2D eigenvalue weighted by Crippen LogP contribution is 2.42. The van der Waals surface area contributed by atoms with E-state index in [-0.39, 0.29) is 12.1 Å². The van der Waals surface area contributed by atoms with E-state index in [2.05, 4.69) is 16.7 Å². The third-order valence-electron chi connectivity index (χ3n) is 24.1. The number of rotatable bonds is 90. The second-order valence-electron chi connectivity index (χ2n) is 29.8. The smallest absolute Gasteiger partial charge is 0.377 e. The zero-order valence-electron chi connectivity index (χ0n) is 86.7. The molecule has 0 aromatic carbocycles. The molecule has 0 spiro atoms. The van der Waals surface area contributed by atoms with Gasteiger partial charge in [0, 0.05) is 304 Å². The van der Waals surface area contributed by atoms with Gasteiger partial charge in [0.15, 0.2) is 0 Å². The second kappa shape index (κ2) is 69.6. The number of hydrogen-bond acceptors (Lipinski definition) is 44. The van der Waals surface area contributed by atoms with Crippen LogP contribution in [0, 0.1) is 0 Å². The largest absolute Gasteiger partial charge is 0.671 e. The molecule has 0 saturated carbocycles. The molecule has 0 heterocycles. The van der Waals surface area contributed by atoms with Crippen LogP contribution in [0.1, 0.15) is 78.1 Å². The van der Waals surface area contributed by atoms with Gasteiger partial charge in [0.05, 0.1) is 16.1 Å². The fraction of sp³-hybridized carbons (Fsp3) is 1.00. The topological polar surface area (TPSA) is 394 Å². The van der Waals surface area contributed by atoms with Crippen molar-refractivity contribution in [3.05, 3.63) is 0 Å². The van der Waals surface area contributed by atoms with Crippen LogP contribution in [-0.2, 0) is 184 Å². The molecular formula is C70H178N2O42Si16. The quantitative estimate of drug-likeness (QED) is 0.0512. The summed E-state index contributed by atoms with van der Waals surface area (Å²) >= 11 is 0. The lowest BCUT2D eigenvalue weighted by atomic mass is 10.3. The first kappa shape index (κ1) is 134. The molecule has 0 amide bonds. The van der Waals surface area contributed by atoms with Crippen LogP contribution in [0.15, 0.2) is 0 Å². The Hall–Kier alpha value is 1.71. The summed E-state index contributed by atoms with van der Waals surface area (Å²) in [4.78, 5) is 4.81. The molecule has 784 valence electrons. The maximum atomic E-state index is 6.57. The zero-order chi connectivity index (χ0) is 99.5. The molecule has 0 unspecified atom stereocenters. The van der Waals surface area contributed by atoms with Crippen LogP contribution in [0.2, 0.25) is 96.7 Å². The molecule has 0 aliphatic carbocycles. The highest BCUT2D eigenvalue weighted by molar-refractivity contribution is 6.84. The van der Waals surface area contributed by atoms with Crippen LogP contribution < -0.4 is 0 Å². The van der Waals surface area contributed by atoms with Crippen molar-refractivity contribution in [3.63, 3.8) is 0 Å². The maximum Gasteiger partial charge on any atom is 0.671 e. The van der Waals surface area contributed by atoms with Crippen molar-refractivity contribution in [2.75, 3.05) is 295 Å². The summed E-state index contributed by atoms with van der Waals surface area (Å²) in [7, 11) is 2.34. The Labute approximate surface area is 799 Å². The SMILES string of the molecule is CCN(CCC[Si](CCC[Si](OC)(OC)OC)(CCC[Si](OC)(OC)OC)CCC[Si](OC)(OC)OC)CCC[Si](CCC[Si](OC)(OC)OC)(CCC[Si](OC)(OC)OC)CCC[Si](OC)(OC)OC.CCN(CCC[Si](O[Si](OC)(OC)OC)(O[Si](OC)(OC)OC)O[Si](OC)(OC)OC)CCC[Si](O[Si](OC)(OC)OC)(O[Si](OC)(OC)OC)O[Si](OC)(OC)OC. The lowest BCUT2D eigenvalue weighted by Crippen LogP contribution is -2.69. The average molecular weight is 2170 g/mol. The fourth-order valence-electron chi connectivity index (χ4n) is 16.0. The number of hydrogen-bond donors (Lipinski definition) is 0. The van der Waals surface area contributed by atoms with Crippen molar-refractivity contribution in [2.24, 2.45) is 0 Å². The summed E-state index contributed by atoms with van der Waals surface area (Å²) < 4.78 is 247. The molecule has 0 radical (unpaired) electrons. The molecule has 0 atom stereocenters. The van der Waals surface area contributed by atoms with Gasteiger partial charge in [-0.05, 0) is 65.0 Å². The Morgan fingerprint density at radius 3 is 0.346 bits per heavy atom. The van der Waals surface area contributed by atoms with Crippen molar-refractivity contribution in [3.8, 4) is 0 Å². The Bertz CT molecular complexity index is 2230. The van der Waals surface area contributed by atoms with Crippen molar-refractivity contribution >= 4 is 141 Å². The number of nitrogens with zero attached hydrogens (tertiary/aromatic N) is 2. The van der Waals surface area contributed by atoms with Crippen LogP contribution in [0.25, 0.3) is 0 Å². The molecule has 0 saturated heterocycles. The van der Waals surface area contributed by atoms with Gasteiger partial charge in [-0.1, -0.05) is 101 Å². The molecule has 0 aromatic heterocycles. The standard InChI is InChI=1S/C44H107NO18Si8.C26H71NO24Si8/c1-20-45(29-21-31-64(33-23-39-66(46-2,47-3)48-4,34-24-40-67(49-5,50-6)51-7)35-25-41-68(52-8,53-9)54-10)30-22-32-65(36-26-42-69(55-11,56-12)57-13,37-27-43-70(58-14,59-15)60-16)38-28-44-71(61-17,62-18)63-19;1-20-27(23-21-25-52(46-54(28-2,29-3)30-4,47-55(31-5,32-6)33-7)48-56(34-8,35-9)36-10)24-22-26-53(49-57(37-11,38-12)39-13,50-58(40-14,41-15)42-16)51-59(43-17,44-18)45-19/h20-44H2,1-19H3;20-26H2,1-19H3. The second-order valence-corrected chi connectivity index (χ2v) is 80.4. The highest BCUT2D eigenvalue weighted by atomic mass is 28.5. The van der Waals surface area contributed by atoms with E-state index in [4.69, 9.17) is 184 Å². The van der Waals surface area contributed by atoms with E-state index in [1.165, 1.54) is 140 Å². The minimum atomic E-state index is -4.28. The molecule has 0 aliphatic rings. The van der Waals surface area contributed by atoms with E-state index < -0.39 is 141 Å². The first-order valence-corrected chi connectivity index (χ1v) is 74.4. The monoisotopic (exact) mass is 2170 g/mol. The van der Waals surface area contributed by atoms with E-state index in [0.29, 0.717) is 32.5 Å². The predicted molar refractivity (Wildman–Crippen MR) is 518 cm³/mol. The Kier molecular flexibility index (Phi) is 71.6. The van der Waals surface area contributed by atoms with Gasteiger partial charge in [0.2, 0.25) is 0 Å². The van der Waals surface area contributed by atoms with Crippen molar-refractivity contribution < 1.29 is 184 Å². The first-order valence-electron chi connectivity index (χ1n) is 43.5. The van der Waals surface area contributed by atoms with Crippen molar-refractivity contribution in [1.82, 2.24) is 9.80 Å². The van der Waals surface area contributed by atoms with Gasteiger partial charge < -0.3 is 194 Å². The van der Waals surface area contributed by atoms with E-state index >= 15 is 0 Å². The normalized spacial score (nSPS) is 14.0. The molecule has 60 heteroatoms. The van der Waals surface area contributed by atoms with E-state index in [9.17, 15) is 0 Å². The third kappa shape index (κ3) is 42.2. The Balaban J connectivity index is 0. The first-order chi connectivity index (χ1) is 61.9. The molecule has 0 fully saturated rings. The molecule has 0 aliphatic heterocycles. The third-order valence-corrected chi connectivity index (χ3v) is 76.8. The van der Waals surface area contributed by atoms with E-state index in [1.54, 1.807) is 128 Å². The van der Waals surface area contributed by atoms with Crippen LogP contribution >= 0.6 is 0 Å². The molecule has 0 rings (SSSR count). The Morgan fingerprint density at radius 1 is 0.131 bits per heavy atom. The van der Waals surface area contributed by atoms with Gasteiger partial charge in [-0.15, -0.1) is 0 Å². The van der Waals surface area contributed by atoms with Gasteiger partial charge in [-0.2, -0.15) is 0 Å². The molecular weight excluding hydrogens is 1990 g/mol. The summed E-state index contributed by atoms with van der Waals surface area (Å²) in [6.45, 7) is 8.84. The van der Waals surface area contributed by atoms with E-state index in [1.807, 2.05) is 6.92 Å². The molecule has 44 nitrogen and oxygen atoms in total. The van der Waals surface area contributed by atoms with Gasteiger partial charge in [0.1, 0.15) is 0 Å². The summed E-state index contributed by atoms with van der Waals surface area (Å²) in [6, 6.07) is 13.9. The predicted octanol–water partition coefficient (Wildman–Crippen LogP) is 8.91. The highest BCUT2D eigenvalue weighted by Gasteiger charge is 2.68. The zero-order valence-corrected chi connectivity index (χ0v) is 103. The minimum absolute atomic E-state index is 0.0783. The van der Waals surface area contributed by atoms with Gasteiger partial charge in [0.25, 0.3) is 0 Å². The van der Waals surface area contributed by atoms with Gasteiger partial charge in [-0.25, -0.2) is 0 Å². The van der Waals surface area contributed by atoms with Crippen LogP contribution in [-0.4, -0.2) is 446 Å². The summed E-state index contributed by atoms with van der Waals surface area (Å²) in [5.41, 5.74) is 0. The molecule has 0 aromatic rings. The van der Waals surface area contributed by atoms with Gasteiger partial charge >= 0.3 is 125 Å². The summed E-state index contributed by atoms with van der Waals surface area (Å²) in [6.07, 6.45) is 8.79. The van der Waals surface area contributed by atoms with Crippen molar-refractivity contribution in [2.45, 2.75) is 175 Å². The lowest BCUT2D eigenvalue weighted by molar-refractivity contribution is -0.0285.